The average molecular weight is 190 g/mol. The Balaban J connectivity index is 3.21. The molecule has 0 fully saturated rings. The lowest BCUT2D eigenvalue weighted by atomic mass is 10.2. The second-order valence-electron chi connectivity index (χ2n) is 3.10. The number of hydrogen-bond acceptors (Lipinski definition) is 1. The summed E-state index contributed by atoms with van der Waals surface area (Å²) in [6.45, 7) is 4.45. The molecule has 0 unspecified atom stereocenters. The number of nitrogens with zero attached hydrogens (tertiary/aromatic N) is 1. The van der Waals surface area contributed by atoms with Gasteiger partial charge in [-0.3, -0.25) is 0 Å². The van der Waals surface area contributed by atoms with Crippen molar-refractivity contribution < 1.29 is 0 Å². The third kappa shape index (κ3) is 8.09. The van der Waals surface area contributed by atoms with Gasteiger partial charge in [-0.1, -0.05) is 31.9 Å². The lowest BCUT2D eigenvalue weighted by Crippen LogP contribution is -2.19. The highest BCUT2D eigenvalue weighted by molar-refractivity contribution is 6.18. The molecular formula is C10H20ClN. The fourth-order valence-corrected chi connectivity index (χ4v) is 1.17. The fourth-order valence-electron chi connectivity index (χ4n) is 1.04. The molecule has 0 spiro atoms. The van der Waals surface area contributed by atoms with Crippen LogP contribution in [0.3, 0.4) is 0 Å². The van der Waals surface area contributed by atoms with Crippen LogP contribution in [0.2, 0.25) is 0 Å². The van der Waals surface area contributed by atoms with Gasteiger partial charge in [0.05, 0.1) is 0 Å². The van der Waals surface area contributed by atoms with Gasteiger partial charge in [-0.25, -0.2) is 0 Å². The molecule has 0 saturated heterocycles. The lowest BCUT2D eigenvalue weighted by molar-refractivity contribution is 0.358. The van der Waals surface area contributed by atoms with E-state index in [0.29, 0.717) is 5.88 Å². The van der Waals surface area contributed by atoms with Gasteiger partial charge >= 0.3 is 0 Å². The number of alkyl halides is 1. The molecule has 72 valence electrons. The van der Waals surface area contributed by atoms with E-state index in [1.165, 1.54) is 25.8 Å². The molecule has 0 atom stereocenters. The predicted octanol–water partition coefficient (Wildman–Crippen LogP) is 2.90. The molecule has 0 aromatic carbocycles. The molecule has 0 saturated carbocycles. The molecule has 0 aromatic heterocycles. The molecule has 0 amide bonds. The average Bonchev–Trinajstić information content (AvgIpc) is 2.06. The molecule has 0 aliphatic heterocycles. The predicted molar refractivity (Wildman–Crippen MR) is 56.9 cm³/mol. The number of allylic oxidation sites excluding steroid dienone is 1. The molecular weight excluding hydrogens is 170 g/mol. The van der Waals surface area contributed by atoms with Crippen molar-refractivity contribution >= 4 is 11.6 Å². The van der Waals surface area contributed by atoms with Crippen molar-refractivity contribution in [3.63, 3.8) is 0 Å². The lowest BCUT2D eigenvalue weighted by Gasteiger charge is -2.13. The third-order valence-electron chi connectivity index (χ3n) is 1.82. The van der Waals surface area contributed by atoms with Gasteiger partial charge in [0.25, 0.3) is 0 Å². The maximum Gasteiger partial charge on any atom is 0.0404 e. The molecule has 0 bridgehead atoms. The van der Waals surface area contributed by atoms with Crippen molar-refractivity contribution in [1.82, 2.24) is 4.90 Å². The van der Waals surface area contributed by atoms with E-state index in [2.05, 4.69) is 24.9 Å². The summed E-state index contributed by atoms with van der Waals surface area (Å²) < 4.78 is 0. The Morgan fingerprint density at radius 2 is 2.00 bits per heavy atom. The van der Waals surface area contributed by atoms with Gasteiger partial charge in [0.15, 0.2) is 0 Å². The Bertz CT molecular complexity index is 112. The Kier molecular flexibility index (Phi) is 9.07. The van der Waals surface area contributed by atoms with Crippen molar-refractivity contribution in [2.24, 2.45) is 0 Å². The highest BCUT2D eigenvalue weighted by Crippen LogP contribution is 1.96. The minimum atomic E-state index is 0.628. The van der Waals surface area contributed by atoms with Crippen LogP contribution in [0.15, 0.2) is 12.2 Å². The molecule has 0 aliphatic rings. The summed E-state index contributed by atoms with van der Waals surface area (Å²) in [5, 5.41) is 0. The van der Waals surface area contributed by atoms with E-state index in [4.69, 9.17) is 11.6 Å². The maximum atomic E-state index is 5.51. The molecule has 0 rings (SSSR count). The summed E-state index contributed by atoms with van der Waals surface area (Å²) in [5.74, 6) is 0.628. The first-order chi connectivity index (χ1) is 5.81. The second kappa shape index (κ2) is 9.08. The molecule has 0 heterocycles. The normalized spacial score (nSPS) is 11.7. The Morgan fingerprint density at radius 1 is 1.25 bits per heavy atom. The van der Waals surface area contributed by atoms with Gasteiger partial charge < -0.3 is 4.90 Å². The molecule has 1 nitrogen and oxygen atoms in total. The molecule has 12 heavy (non-hydrogen) atoms. The quantitative estimate of drug-likeness (QED) is 0.338. The highest BCUT2D eigenvalue weighted by atomic mass is 35.5. The largest absolute Gasteiger partial charge is 0.303 e. The zero-order valence-electron chi connectivity index (χ0n) is 8.22. The molecule has 0 radical (unpaired) electrons. The van der Waals surface area contributed by atoms with E-state index in [1.54, 1.807) is 0 Å². The summed E-state index contributed by atoms with van der Waals surface area (Å²) in [5.41, 5.74) is 0. The van der Waals surface area contributed by atoms with Crippen LogP contribution >= 0.6 is 11.6 Å². The van der Waals surface area contributed by atoms with E-state index in [9.17, 15) is 0 Å². The van der Waals surface area contributed by atoms with Crippen LogP contribution in [0.25, 0.3) is 0 Å². The highest BCUT2D eigenvalue weighted by Gasteiger charge is 1.93. The number of rotatable bonds is 7. The molecule has 0 aliphatic carbocycles. The minimum Gasteiger partial charge on any atom is -0.303 e. The Hall–Kier alpha value is -0.0100. The van der Waals surface area contributed by atoms with Crippen molar-refractivity contribution in [3.8, 4) is 0 Å². The monoisotopic (exact) mass is 189 g/mol. The standard InChI is InChI=1S/C10H20ClN/c1-3-4-6-9-12(2)10-7-5-8-11/h5,7H,3-4,6,8-10H2,1-2H3. The van der Waals surface area contributed by atoms with E-state index in [1.807, 2.05) is 6.08 Å². The summed E-state index contributed by atoms with van der Waals surface area (Å²) in [7, 11) is 2.15. The summed E-state index contributed by atoms with van der Waals surface area (Å²) in [4.78, 5) is 2.32. The van der Waals surface area contributed by atoms with E-state index in [-0.39, 0.29) is 0 Å². The first kappa shape index (κ1) is 12.0. The zero-order chi connectivity index (χ0) is 9.23. The van der Waals surface area contributed by atoms with Crippen LogP contribution in [0.4, 0.5) is 0 Å². The Morgan fingerprint density at radius 3 is 2.58 bits per heavy atom. The van der Waals surface area contributed by atoms with Crippen molar-refractivity contribution in [3.05, 3.63) is 12.2 Å². The second-order valence-corrected chi connectivity index (χ2v) is 3.40. The SMILES string of the molecule is CCCCCN(C)CC=CCCl. The van der Waals surface area contributed by atoms with Gasteiger partial charge in [0.2, 0.25) is 0 Å². The van der Waals surface area contributed by atoms with E-state index < -0.39 is 0 Å². The van der Waals surface area contributed by atoms with Crippen molar-refractivity contribution in [2.75, 3.05) is 26.0 Å². The van der Waals surface area contributed by atoms with E-state index >= 15 is 0 Å². The number of hydrogen-bond donors (Lipinski definition) is 0. The van der Waals surface area contributed by atoms with Crippen molar-refractivity contribution in [1.29, 1.82) is 0 Å². The van der Waals surface area contributed by atoms with Crippen LogP contribution in [-0.4, -0.2) is 30.9 Å². The first-order valence-corrected chi connectivity index (χ1v) is 5.24. The van der Waals surface area contributed by atoms with Gasteiger partial charge in [-0.05, 0) is 20.0 Å². The Labute approximate surface area is 81.4 Å². The molecule has 0 aromatic rings. The number of likely N-dealkylation sites (N-methyl/N-ethyl adjacent to an activating group) is 1. The summed E-state index contributed by atoms with van der Waals surface area (Å²) in [6, 6.07) is 0. The number of unbranched alkanes of at least 4 members (excludes halogenated alkanes) is 2. The minimum absolute atomic E-state index is 0.628. The topological polar surface area (TPSA) is 3.24 Å². The zero-order valence-corrected chi connectivity index (χ0v) is 8.98. The third-order valence-corrected chi connectivity index (χ3v) is 1.99. The van der Waals surface area contributed by atoms with Gasteiger partial charge in [-0.15, -0.1) is 11.6 Å². The van der Waals surface area contributed by atoms with Crippen LogP contribution in [0.1, 0.15) is 26.2 Å². The van der Waals surface area contributed by atoms with Crippen molar-refractivity contribution in [2.45, 2.75) is 26.2 Å². The maximum absolute atomic E-state index is 5.51. The van der Waals surface area contributed by atoms with Gasteiger partial charge in [0, 0.05) is 12.4 Å². The van der Waals surface area contributed by atoms with Gasteiger partial charge in [-0.2, -0.15) is 0 Å². The van der Waals surface area contributed by atoms with Crippen LogP contribution in [-0.2, 0) is 0 Å². The fraction of sp³-hybridized carbons (Fsp3) is 0.800. The first-order valence-electron chi connectivity index (χ1n) is 4.70. The van der Waals surface area contributed by atoms with Crippen LogP contribution < -0.4 is 0 Å². The van der Waals surface area contributed by atoms with Crippen LogP contribution in [0, 0.1) is 0 Å². The molecule has 2 heteroatoms. The number of halogens is 1. The smallest absolute Gasteiger partial charge is 0.0404 e. The van der Waals surface area contributed by atoms with Crippen LogP contribution in [0.5, 0.6) is 0 Å². The van der Waals surface area contributed by atoms with E-state index in [0.717, 1.165) is 6.54 Å². The van der Waals surface area contributed by atoms with Gasteiger partial charge in [0.1, 0.15) is 0 Å². The molecule has 0 N–H and O–H groups in total. The summed E-state index contributed by atoms with van der Waals surface area (Å²) in [6.07, 6.45) is 8.06. The summed E-state index contributed by atoms with van der Waals surface area (Å²) >= 11 is 5.51.